The van der Waals surface area contributed by atoms with Crippen molar-refractivity contribution in [2.75, 3.05) is 19.1 Å². The fourth-order valence-corrected chi connectivity index (χ4v) is 1.98. The van der Waals surface area contributed by atoms with Gasteiger partial charge in [-0.15, -0.1) is 0 Å². The Balaban J connectivity index is 2.19. The zero-order chi connectivity index (χ0) is 15.4. The summed E-state index contributed by atoms with van der Waals surface area (Å²) >= 11 is 0. The van der Waals surface area contributed by atoms with Gasteiger partial charge in [0.15, 0.2) is 0 Å². The summed E-state index contributed by atoms with van der Waals surface area (Å²) < 4.78 is 18.5. The Morgan fingerprint density at radius 1 is 1.24 bits per heavy atom. The van der Waals surface area contributed by atoms with Gasteiger partial charge < -0.3 is 9.64 Å². The third-order valence-corrected chi connectivity index (χ3v) is 3.10. The van der Waals surface area contributed by atoms with Crippen LogP contribution in [0.1, 0.15) is 5.56 Å². The molecular weight excluding hydrogens is 275 g/mol. The van der Waals surface area contributed by atoms with Crippen molar-refractivity contribution in [3.8, 4) is 5.75 Å². The van der Waals surface area contributed by atoms with Crippen molar-refractivity contribution in [3.63, 3.8) is 0 Å². The van der Waals surface area contributed by atoms with Crippen molar-refractivity contribution in [2.24, 2.45) is 0 Å². The van der Waals surface area contributed by atoms with Crippen molar-refractivity contribution in [3.05, 3.63) is 64.0 Å². The zero-order valence-corrected chi connectivity index (χ0v) is 11.7. The minimum absolute atomic E-state index is 0.258. The minimum atomic E-state index is -0.624. The van der Waals surface area contributed by atoms with Gasteiger partial charge >= 0.3 is 0 Å². The highest BCUT2D eigenvalue weighted by Gasteiger charge is 2.12. The maximum Gasteiger partial charge on any atom is 0.274 e. The maximum atomic E-state index is 13.4. The molecule has 2 aromatic carbocycles. The van der Waals surface area contributed by atoms with Gasteiger partial charge in [-0.3, -0.25) is 10.1 Å². The minimum Gasteiger partial charge on any atom is -0.497 e. The summed E-state index contributed by atoms with van der Waals surface area (Å²) in [5.41, 5.74) is 1.19. The molecule has 0 unspecified atom stereocenters. The SMILES string of the molecule is COc1ccc(CN(C)c2cc(F)cc([N+](=O)[O-])c2)cc1. The number of ether oxygens (including phenoxy) is 1. The molecule has 0 bridgehead atoms. The second-order valence-corrected chi connectivity index (χ2v) is 4.63. The van der Waals surface area contributed by atoms with Crippen LogP contribution in [0.5, 0.6) is 5.75 Å². The fraction of sp³-hybridized carbons (Fsp3) is 0.200. The first kappa shape index (κ1) is 14.8. The molecule has 21 heavy (non-hydrogen) atoms. The second-order valence-electron chi connectivity index (χ2n) is 4.63. The maximum absolute atomic E-state index is 13.4. The van der Waals surface area contributed by atoms with Gasteiger partial charge in [-0.2, -0.15) is 0 Å². The van der Waals surface area contributed by atoms with Gasteiger partial charge in [-0.1, -0.05) is 12.1 Å². The molecule has 2 rings (SSSR count). The topological polar surface area (TPSA) is 55.6 Å². The molecule has 0 radical (unpaired) electrons. The smallest absolute Gasteiger partial charge is 0.274 e. The van der Waals surface area contributed by atoms with Gasteiger partial charge in [-0.05, 0) is 23.8 Å². The van der Waals surface area contributed by atoms with Crippen LogP contribution in [-0.2, 0) is 6.54 Å². The van der Waals surface area contributed by atoms with E-state index in [-0.39, 0.29) is 5.69 Å². The Kier molecular flexibility index (Phi) is 4.37. The van der Waals surface area contributed by atoms with Gasteiger partial charge in [0.1, 0.15) is 11.6 Å². The van der Waals surface area contributed by atoms with Crippen LogP contribution in [0, 0.1) is 15.9 Å². The number of nitro benzene ring substituents is 1. The quantitative estimate of drug-likeness (QED) is 0.625. The first-order valence-corrected chi connectivity index (χ1v) is 6.28. The summed E-state index contributed by atoms with van der Waals surface area (Å²) in [4.78, 5) is 11.9. The lowest BCUT2D eigenvalue weighted by atomic mass is 10.2. The number of rotatable bonds is 5. The van der Waals surface area contributed by atoms with Gasteiger partial charge in [0, 0.05) is 25.3 Å². The van der Waals surface area contributed by atoms with E-state index in [9.17, 15) is 14.5 Å². The largest absolute Gasteiger partial charge is 0.497 e. The van der Waals surface area contributed by atoms with Crippen LogP contribution in [-0.4, -0.2) is 19.1 Å². The number of halogens is 1. The van der Waals surface area contributed by atoms with E-state index >= 15 is 0 Å². The number of methoxy groups -OCH3 is 1. The molecule has 0 amide bonds. The van der Waals surface area contributed by atoms with Crippen LogP contribution in [0.3, 0.4) is 0 Å². The van der Waals surface area contributed by atoms with Crippen LogP contribution < -0.4 is 9.64 Å². The monoisotopic (exact) mass is 290 g/mol. The molecule has 0 saturated heterocycles. The average molecular weight is 290 g/mol. The number of benzene rings is 2. The van der Waals surface area contributed by atoms with Crippen LogP contribution >= 0.6 is 0 Å². The molecule has 0 aliphatic carbocycles. The molecule has 5 nitrogen and oxygen atoms in total. The first-order chi connectivity index (χ1) is 9.99. The summed E-state index contributed by atoms with van der Waals surface area (Å²) in [6.07, 6.45) is 0. The third kappa shape index (κ3) is 3.68. The molecule has 110 valence electrons. The van der Waals surface area contributed by atoms with Gasteiger partial charge in [-0.25, -0.2) is 4.39 Å². The summed E-state index contributed by atoms with van der Waals surface area (Å²) in [7, 11) is 3.34. The molecule has 0 saturated carbocycles. The van der Waals surface area contributed by atoms with Gasteiger partial charge in [0.05, 0.1) is 18.1 Å². The van der Waals surface area contributed by atoms with Crippen molar-refractivity contribution in [2.45, 2.75) is 6.54 Å². The Hall–Kier alpha value is -2.63. The molecule has 0 aliphatic heterocycles. The molecule has 0 aliphatic rings. The lowest BCUT2D eigenvalue weighted by Crippen LogP contribution is -2.16. The van der Waals surface area contributed by atoms with E-state index in [0.29, 0.717) is 12.2 Å². The summed E-state index contributed by atoms with van der Waals surface area (Å²) in [6, 6.07) is 11.0. The van der Waals surface area contributed by atoms with E-state index in [1.54, 1.807) is 19.1 Å². The highest BCUT2D eigenvalue weighted by Crippen LogP contribution is 2.24. The molecule has 6 heteroatoms. The first-order valence-electron chi connectivity index (χ1n) is 6.28. The van der Waals surface area contributed by atoms with E-state index in [1.165, 1.54) is 12.1 Å². The normalized spacial score (nSPS) is 10.2. The lowest BCUT2D eigenvalue weighted by molar-refractivity contribution is -0.385. The number of hydrogen-bond donors (Lipinski definition) is 0. The average Bonchev–Trinajstić information content (AvgIpc) is 2.47. The van der Waals surface area contributed by atoms with E-state index in [0.717, 1.165) is 17.4 Å². The molecule has 0 spiro atoms. The predicted octanol–water partition coefficient (Wildman–Crippen LogP) is 3.38. The Morgan fingerprint density at radius 3 is 2.48 bits per heavy atom. The molecule has 0 aromatic heterocycles. The van der Waals surface area contributed by atoms with Crippen LogP contribution in [0.25, 0.3) is 0 Å². The third-order valence-electron chi connectivity index (χ3n) is 3.10. The number of nitrogens with zero attached hydrogens (tertiary/aromatic N) is 2. The van der Waals surface area contributed by atoms with Gasteiger partial charge in [0.2, 0.25) is 0 Å². The number of non-ortho nitro benzene ring substituents is 1. The Morgan fingerprint density at radius 2 is 1.90 bits per heavy atom. The molecular formula is C15H15FN2O3. The van der Waals surface area contributed by atoms with E-state index in [2.05, 4.69) is 0 Å². The van der Waals surface area contributed by atoms with Crippen LogP contribution in [0.15, 0.2) is 42.5 Å². The van der Waals surface area contributed by atoms with E-state index < -0.39 is 10.7 Å². The summed E-state index contributed by atoms with van der Waals surface area (Å²) in [5, 5.41) is 10.8. The highest BCUT2D eigenvalue weighted by molar-refractivity contribution is 5.53. The fourth-order valence-electron chi connectivity index (χ4n) is 1.98. The molecule has 2 aromatic rings. The van der Waals surface area contributed by atoms with E-state index in [1.807, 2.05) is 24.3 Å². The second kappa shape index (κ2) is 6.21. The van der Waals surface area contributed by atoms with Gasteiger partial charge in [0.25, 0.3) is 5.69 Å². The highest BCUT2D eigenvalue weighted by atomic mass is 19.1. The lowest BCUT2D eigenvalue weighted by Gasteiger charge is -2.19. The number of anilines is 1. The van der Waals surface area contributed by atoms with E-state index in [4.69, 9.17) is 4.74 Å². The number of nitro groups is 1. The van der Waals surface area contributed by atoms with Crippen LogP contribution in [0.4, 0.5) is 15.8 Å². The van der Waals surface area contributed by atoms with Crippen molar-refractivity contribution >= 4 is 11.4 Å². The molecule has 0 atom stereocenters. The van der Waals surface area contributed by atoms with Crippen LogP contribution in [0.2, 0.25) is 0 Å². The van der Waals surface area contributed by atoms with Crippen molar-refractivity contribution < 1.29 is 14.1 Å². The molecule has 0 fully saturated rings. The summed E-state index contributed by atoms with van der Waals surface area (Å²) in [6.45, 7) is 0.505. The molecule has 0 heterocycles. The standard InChI is InChI=1S/C15H15FN2O3/c1-17(10-11-3-5-15(21-2)6-4-11)13-7-12(16)8-14(9-13)18(19)20/h3-9H,10H2,1-2H3. The van der Waals surface area contributed by atoms with Crippen molar-refractivity contribution in [1.82, 2.24) is 0 Å². The Bertz CT molecular complexity index is 644. The summed E-state index contributed by atoms with van der Waals surface area (Å²) in [5.74, 6) is 0.128. The molecule has 0 N–H and O–H groups in total. The zero-order valence-electron chi connectivity index (χ0n) is 11.7. The predicted molar refractivity (Wildman–Crippen MR) is 78.2 cm³/mol. The van der Waals surface area contributed by atoms with Crippen molar-refractivity contribution in [1.29, 1.82) is 0 Å². The Labute approximate surface area is 121 Å². The number of hydrogen-bond acceptors (Lipinski definition) is 4.